The summed E-state index contributed by atoms with van der Waals surface area (Å²) >= 11 is 0. The van der Waals surface area contributed by atoms with Gasteiger partial charge in [0.05, 0.1) is 16.9 Å². The monoisotopic (exact) mass is 452 g/mol. The summed E-state index contributed by atoms with van der Waals surface area (Å²) in [4.78, 5) is 35.0. The molecule has 33 heavy (non-hydrogen) atoms. The van der Waals surface area contributed by atoms with Gasteiger partial charge in [-0.25, -0.2) is 9.79 Å². The number of piperazine rings is 1. The molecule has 178 valence electrons. The number of hydrogen-bond donors (Lipinski definition) is 3. The first-order valence-electron chi connectivity index (χ1n) is 12.2. The van der Waals surface area contributed by atoms with Crippen molar-refractivity contribution in [1.82, 2.24) is 19.8 Å². The number of H-pyrrole nitrogens is 1. The van der Waals surface area contributed by atoms with E-state index in [0.29, 0.717) is 34.3 Å². The van der Waals surface area contributed by atoms with E-state index in [1.807, 2.05) is 12.1 Å². The molecule has 8 nitrogen and oxygen atoms in total. The lowest BCUT2D eigenvalue weighted by molar-refractivity contribution is -0.108. The lowest BCUT2D eigenvalue weighted by Gasteiger charge is -2.61. The van der Waals surface area contributed by atoms with Crippen LogP contribution in [0.3, 0.4) is 0 Å². The predicted molar refractivity (Wildman–Crippen MR) is 133 cm³/mol. The zero-order valence-corrected chi connectivity index (χ0v) is 20.3. The van der Waals surface area contributed by atoms with E-state index in [0.717, 1.165) is 54.1 Å². The molecule has 4 fully saturated rings. The van der Waals surface area contributed by atoms with Crippen LogP contribution in [0.4, 0.5) is 5.69 Å². The molecule has 1 aromatic heterocycles. The molecule has 3 N–H and O–H groups in total. The first-order valence-corrected chi connectivity index (χ1v) is 12.2. The number of nitrogens with zero attached hydrogens (tertiary/aromatic N) is 3. The van der Waals surface area contributed by atoms with Crippen molar-refractivity contribution in [2.24, 2.45) is 35.2 Å². The van der Waals surface area contributed by atoms with Crippen molar-refractivity contribution in [1.29, 1.82) is 0 Å². The summed E-state index contributed by atoms with van der Waals surface area (Å²) in [5, 5.41) is 7.56. The third-order valence-corrected chi connectivity index (χ3v) is 8.63. The summed E-state index contributed by atoms with van der Waals surface area (Å²) in [6, 6.07) is 6.20. The van der Waals surface area contributed by atoms with E-state index >= 15 is 0 Å². The van der Waals surface area contributed by atoms with Crippen molar-refractivity contribution in [3.05, 3.63) is 39.0 Å². The van der Waals surface area contributed by atoms with Crippen LogP contribution in [0.5, 0.6) is 0 Å². The number of aromatic amines is 1. The Morgan fingerprint density at radius 3 is 2.70 bits per heavy atom. The largest absolute Gasteiger partial charge is 0.340 e. The van der Waals surface area contributed by atoms with Crippen LogP contribution < -0.4 is 21.9 Å². The standard InChI is InChI=1S/C25H36N6O2/c1-14-13-31(9-8-26-14)23(28-20-11-16-10-19(15(20)2)25(16,3)4)27-17-6-7-18-21(12-17)29-24(33)30(5)22(18)32/h6-7,12,14-16,19-20,26H,8-11,13H2,1-5H3,(H,27,28)(H,29,33). The van der Waals surface area contributed by atoms with Crippen LogP contribution in [0.25, 0.3) is 10.9 Å². The second kappa shape index (κ2) is 8.01. The summed E-state index contributed by atoms with van der Waals surface area (Å²) in [6.07, 6.45) is 2.47. The molecule has 6 rings (SSSR count). The molecular weight excluding hydrogens is 416 g/mol. The van der Waals surface area contributed by atoms with Crippen LogP contribution in [0, 0.1) is 23.2 Å². The number of aliphatic imine (C=N–C) groups is 1. The Bertz CT molecular complexity index is 1210. The van der Waals surface area contributed by atoms with Gasteiger partial charge in [-0.1, -0.05) is 20.8 Å². The lowest BCUT2D eigenvalue weighted by atomic mass is 9.45. The van der Waals surface area contributed by atoms with E-state index in [1.165, 1.54) is 13.5 Å². The van der Waals surface area contributed by atoms with Crippen molar-refractivity contribution in [3.8, 4) is 0 Å². The fraction of sp³-hybridized carbons (Fsp3) is 0.640. The van der Waals surface area contributed by atoms with Crippen LogP contribution in [0.2, 0.25) is 0 Å². The van der Waals surface area contributed by atoms with Crippen molar-refractivity contribution in [3.63, 3.8) is 0 Å². The van der Waals surface area contributed by atoms with Crippen LogP contribution in [-0.4, -0.2) is 52.1 Å². The lowest BCUT2D eigenvalue weighted by Crippen LogP contribution is -2.57. The second-order valence-electron chi connectivity index (χ2n) is 11.0. The van der Waals surface area contributed by atoms with E-state index in [4.69, 9.17) is 4.99 Å². The summed E-state index contributed by atoms with van der Waals surface area (Å²) < 4.78 is 1.10. The van der Waals surface area contributed by atoms with Crippen molar-refractivity contribution in [2.45, 2.75) is 52.6 Å². The number of fused-ring (bicyclic) bond motifs is 3. The Morgan fingerprint density at radius 1 is 1.21 bits per heavy atom. The Morgan fingerprint density at radius 2 is 2.00 bits per heavy atom. The minimum Gasteiger partial charge on any atom is -0.340 e. The fourth-order valence-corrected chi connectivity index (χ4v) is 6.28. The molecule has 1 saturated heterocycles. The minimum absolute atomic E-state index is 0.289. The van der Waals surface area contributed by atoms with Gasteiger partial charge in [-0.05, 0) is 61.1 Å². The highest BCUT2D eigenvalue weighted by atomic mass is 16.2. The SMILES string of the molecule is CC1CN(C(=NC2CC3CC(C2C)C3(C)C)Nc2ccc3c(=O)n(C)c(=O)[nH]c3c2)CCN1. The Labute approximate surface area is 194 Å². The molecule has 5 unspecified atom stereocenters. The molecule has 3 aliphatic carbocycles. The Balaban J connectivity index is 1.48. The van der Waals surface area contributed by atoms with Gasteiger partial charge in [0.25, 0.3) is 5.56 Å². The third kappa shape index (κ3) is 3.78. The van der Waals surface area contributed by atoms with Gasteiger partial charge in [-0.2, -0.15) is 0 Å². The number of benzene rings is 1. The summed E-state index contributed by atoms with van der Waals surface area (Å²) in [5.41, 5.74) is 1.09. The summed E-state index contributed by atoms with van der Waals surface area (Å²) in [5.74, 6) is 2.93. The van der Waals surface area contributed by atoms with Gasteiger partial charge in [0.15, 0.2) is 5.96 Å². The first kappa shape index (κ1) is 22.2. The number of aromatic nitrogens is 2. The van der Waals surface area contributed by atoms with E-state index in [2.05, 4.69) is 48.2 Å². The molecule has 8 heteroatoms. The maximum absolute atomic E-state index is 12.4. The smallest absolute Gasteiger partial charge is 0.328 e. The minimum atomic E-state index is -0.410. The number of nitrogens with one attached hydrogen (secondary N) is 3. The van der Waals surface area contributed by atoms with Gasteiger partial charge >= 0.3 is 5.69 Å². The van der Waals surface area contributed by atoms with Gasteiger partial charge in [-0.15, -0.1) is 0 Å². The highest BCUT2D eigenvalue weighted by molar-refractivity contribution is 5.96. The maximum Gasteiger partial charge on any atom is 0.328 e. The molecule has 0 spiro atoms. The molecule has 0 radical (unpaired) electrons. The second-order valence-corrected chi connectivity index (χ2v) is 11.0. The molecule has 2 heterocycles. The van der Waals surface area contributed by atoms with Crippen molar-refractivity contribution >= 4 is 22.5 Å². The van der Waals surface area contributed by atoms with Crippen molar-refractivity contribution < 1.29 is 0 Å². The zero-order chi connectivity index (χ0) is 23.5. The average Bonchev–Trinajstić information content (AvgIpc) is 2.77. The number of hydrogen-bond acceptors (Lipinski definition) is 4. The van der Waals surface area contributed by atoms with E-state index in [9.17, 15) is 9.59 Å². The zero-order valence-electron chi connectivity index (χ0n) is 20.3. The summed E-state index contributed by atoms with van der Waals surface area (Å²) in [7, 11) is 1.49. The number of anilines is 1. The highest BCUT2D eigenvalue weighted by Crippen LogP contribution is 2.61. The molecule has 1 aromatic carbocycles. The van der Waals surface area contributed by atoms with Gasteiger partial charge in [-0.3, -0.25) is 9.36 Å². The normalized spacial score (nSPS) is 31.4. The molecule has 1 aliphatic heterocycles. The Hall–Kier alpha value is -2.61. The summed E-state index contributed by atoms with van der Waals surface area (Å²) in [6.45, 7) is 12.1. The van der Waals surface area contributed by atoms with Gasteiger partial charge in [0.1, 0.15) is 0 Å². The van der Waals surface area contributed by atoms with Crippen LogP contribution in [-0.2, 0) is 7.05 Å². The van der Waals surface area contributed by atoms with Gasteiger partial charge in [0, 0.05) is 38.4 Å². The number of guanidine groups is 1. The van der Waals surface area contributed by atoms with Gasteiger partial charge in [0.2, 0.25) is 0 Å². The molecule has 0 amide bonds. The first-order chi connectivity index (χ1) is 15.6. The predicted octanol–water partition coefficient (Wildman–Crippen LogP) is 2.36. The van der Waals surface area contributed by atoms with Crippen molar-refractivity contribution in [2.75, 3.05) is 25.0 Å². The quantitative estimate of drug-likeness (QED) is 0.480. The molecule has 2 aromatic rings. The number of rotatable bonds is 2. The van der Waals surface area contributed by atoms with Crippen LogP contribution >= 0.6 is 0 Å². The van der Waals surface area contributed by atoms with E-state index in [1.54, 1.807) is 6.07 Å². The van der Waals surface area contributed by atoms with Crippen LogP contribution in [0.1, 0.15) is 40.5 Å². The molecule has 3 saturated carbocycles. The highest BCUT2D eigenvalue weighted by Gasteiger charge is 2.56. The molecule has 2 bridgehead atoms. The van der Waals surface area contributed by atoms with Crippen LogP contribution in [0.15, 0.2) is 32.8 Å². The molecule has 5 atom stereocenters. The third-order valence-electron chi connectivity index (χ3n) is 8.63. The van der Waals surface area contributed by atoms with E-state index < -0.39 is 5.69 Å². The Kier molecular flexibility index (Phi) is 5.39. The average molecular weight is 453 g/mol. The molecule has 4 aliphatic rings. The maximum atomic E-state index is 12.4. The van der Waals surface area contributed by atoms with Gasteiger partial charge < -0.3 is 20.5 Å². The van der Waals surface area contributed by atoms with E-state index in [-0.39, 0.29) is 5.56 Å². The molecular formula is C25H36N6O2. The topological polar surface area (TPSA) is 94.5 Å². The fourth-order valence-electron chi connectivity index (χ4n) is 6.28.